The summed E-state index contributed by atoms with van der Waals surface area (Å²) in [5.41, 5.74) is 1.26. The molecule has 37 heavy (non-hydrogen) atoms. The highest BCUT2D eigenvalue weighted by Gasteiger charge is 2.70. The van der Waals surface area contributed by atoms with Gasteiger partial charge >= 0.3 is 11.9 Å². The van der Waals surface area contributed by atoms with Gasteiger partial charge in [0.25, 0.3) is 0 Å². The van der Waals surface area contributed by atoms with Gasteiger partial charge in [0.2, 0.25) is 5.91 Å². The maximum atomic E-state index is 13.8. The first-order valence-corrected chi connectivity index (χ1v) is 13.1. The first-order chi connectivity index (χ1) is 17.7. The van der Waals surface area contributed by atoms with Crippen molar-refractivity contribution in [3.63, 3.8) is 0 Å². The standard InChI is InChI=1S/C25H24N4O7S/c1-25(15-28-14-18(26-27-28)23(31)35-2)22(29-19(30)13-20(29)37(25,33)34)24(32)36-21(16-9-5-3-6-10-16)17-11-7-4-8-12-17/h3-12,14,20-22H,13,15H2,1-2H3/t20-,22+,25+/m1/s1. The molecule has 0 aliphatic carbocycles. The van der Waals surface area contributed by atoms with Gasteiger partial charge in [0.1, 0.15) is 10.1 Å². The van der Waals surface area contributed by atoms with Crippen molar-refractivity contribution in [2.24, 2.45) is 0 Å². The highest BCUT2D eigenvalue weighted by molar-refractivity contribution is 7.93. The molecule has 1 aromatic heterocycles. The van der Waals surface area contributed by atoms with Crippen molar-refractivity contribution in [1.29, 1.82) is 0 Å². The molecule has 2 aliphatic heterocycles. The van der Waals surface area contributed by atoms with Crippen LogP contribution >= 0.6 is 0 Å². The second-order valence-corrected chi connectivity index (χ2v) is 11.7. The van der Waals surface area contributed by atoms with Crippen molar-refractivity contribution in [2.45, 2.75) is 42.2 Å². The number of ether oxygens (including phenoxy) is 2. The number of fused-ring (bicyclic) bond motifs is 1. The molecule has 12 heteroatoms. The molecule has 0 spiro atoms. The Hall–Kier alpha value is -4.06. The quantitative estimate of drug-likeness (QED) is 0.332. The number of hydrogen-bond donors (Lipinski definition) is 0. The lowest BCUT2D eigenvalue weighted by Gasteiger charge is -2.37. The third-order valence-electron chi connectivity index (χ3n) is 6.88. The second kappa shape index (κ2) is 9.11. The van der Waals surface area contributed by atoms with Gasteiger partial charge in [-0.25, -0.2) is 22.7 Å². The van der Waals surface area contributed by atoms with Crippen molar-refractivity contribution >= 4 is 27.7 Å². The lowest BCUT2D eigenvalue weighted by Crippen LogP contribution is -2.58. The number of carbonyl (C=O) groups is 3. The average molecular weight is 525 g/mol. The molecule has 2 aromatic carbocycles. The summed E-state index contributed by atoms with van der Waals surface area (Å²) in [6.07, 6.45) is 0.200. The number of esters is 2. The summed E-state index contributed by atoms with van der Waals surface area (Å²) in [6, 6.07) is 16.7. The van der Waals surface area contributed by atoms with E-state index >= 15 is 0 Å². The Morgan fingerprint density at radius 3 is 2.22 bits per heavy atom. The number of hydrogen-bond acceptors (Lipinski definition) is 9. The molecule has 0 bridgehead atoms. The lowest BCUT2D eigenvalue weighted by atomic mass is 9.95. The molecule has 2 fully saturated rings. The monoisotopic (exact) mass is 524 g/mol. The zero-order valence-electron chi connectivity index (χ0n) is 20.1. The first-order valence-electron chi connectivity index (χ1n) is 11.5. The van der Waals surface area contributed by atoms with Crippen molar-refractivity contribution in [1.82, 2.24) is 19.9 Å². The normalized spacial score (nSPS) is 23.9. The Labute approximate surface area is 212 Å². The fourth-order valence-electron chi connectivity index (χ4n) is 4.93. The van der Waals surface area contributed by atoms with Crippen LogP contribution in [0.2, 0.25) is 0 Å². The van der Waals surface area contributed by atoms with Crippen LogP contribution in [0, 0.1) is 0 Å². The number of β-lactam (4-membered cyclic amide) rings is 1. The van der Waals surface area contributed by atoms with Gasteiger partial charge < -0.3 is 14.4 Å². The first kappa shape index (κ1) is 24.6. The maximum Gasteiger partial charge on any atom is 0.360 e. The number of carbonyl (C=O) groups excluding carboxylic acids is 3. The van der Waals surface area contributed by atoms with Gasteiger partial charge in [-0.05, 0) is 18.1 Å². The Balaban J connectivity index is 1.52. The SMILES string of the molecule is COC(=O)c1cn(C[C@@]2(C)[C@H](C(=O)OC(c3ccccc3)c3ccccc3)N3C(=O)C[C@H]3S2(=O)=O)nn1. The van der Waals surface area contributed by atoms with Crippen LogP contribution in [-0.4, -0.2) is 69.4 Å². The second-order valence-electron chi connectivity index (χ2n) is 9.15. The maximum absolute atomic E-state index is 13.8. The van der Waals surface area contributed by atoms with E-state index < -0.39 is 49.9 Å². The van der Waals surface area contributed by atoms with Gasteiger partial charge in [-0.2, -0.15) is 0 Å². The predicted octanol–water partition coefficient (Wildman–Crippen LogP) is 1.51. The molecule has 2 saturated heterocycles. The van der Waals surface area contributed by atoms with Gasteiger partial charge in [0.15, 0.2) is 27.7 Å². The Bertz CT molecular complexity index is 1420. The molecule has 0 saturated carbocycles. The summed E-state index contributed by atoms with van der Waals surface area (Å²) in [4.78, 5) is 39.3. The van der Waals surface area contributed by atoms with E-state index in [-0.39, 0.29) is 18.7 Å². The average Bonchev–Trinajstić information content (AvgIpc) is 3.41. The van der Waals surface area contributed by atoms with Crippen molar-refractivity contribution in [3.8, 4) is 0 Å². The molecule has 11 nitrogen and oxygen atoms in total. The summed E-state index contributed by atoms with van der Waals surface area (Å²) in [5.74, 6) is -2.05. The molecule has 0 radical (unpaired) electrons. The van der Waals surface area contributed by atoms with Crippen molar-refractivity contribution in [2.75, 3.05) is 7.11 Å². The van der Waals surface area contributed by atoms with Gasteiger partial charge in [-0.15, -0.1) is 5.10 Å². The summed E-state index contributed by atoms with van der Waals surface area (Å²) >= 11 is 0. The summed E-state index contributed by atoms with van der Waals surface area (Å²) in [6.45, 7) is 1.06. The summed E-state index contributed by atoms with van der Waals surface area (Å²) in [7, 11) is -2.85. The number of methoxy groups -OCH3 is 1. The van der Waals surface area contributed by atoms with E-state index in [1.807, 2.05) is 36.4 Å². The minimum Gasteiger partial charge on any atom is -0.464 e. The molecule has 1 amide bonds. The van der Waals surface area contributed by atoms with E-state index in [0.29, 0.717) is 11.1 Å². The number of aromatic nitrogens is 3. The van der Waals surface area contributed by atoms with Crippen LogP contribution in [0.5, 0.6) is 0 Å². The number of rotatable bonds is 7. The molecule has 3 heterocycles. The van der Waals surface area contributed by atoms with E-state index in [2.05, 4.69) is 15.0 Å². The molecule has 3 atom stereocenters. The summed E-state index contributed by atoms with van der Waals surface area (Å²) in [5, 5.41) is 6.43. The van der Waals surface area contributed by atoms with Crippen LogP contribution in [0.4, 0.5) is 0 Å². The van der Waals surface area contributed by atoms with Crippen LogP contribution in [0.25, 0.3) is 0 Å². The molecule has 0 N–H and O–H groups in total. The number of benzene rings is 2. The van der Waals surface area contributed by atoms with Crippen molar-refractivity contribution in [3.05, 3.63) is 83.7 Å². The number of sulfone groups is 1. The van der Waals surface area contributed by atoms with Gasteiger partial charge in [0.05, 0.1) is 26.3 Å². The number of nitrogens with zero attached hydrogens (tertiary/aromatic N) is 4. The minimum atomic E-state index is -4.04. The van der Waals surface area contributed by atoms with Gasteiger partial charge in [-0.1, -0.05) is 65.9 Å². The van der Waals surface area contributed by atoms with E-state index in [1.165, 1.54) is 20.2 Å². The Morgan fingerprint density at radius 2 is 1.68 bits per heavy atom. The van der Waals surface area contributed by atoms with Crippen LogP contribution in [0.3, 0.4) is 0 Å². The molecular weight excluding hydrogens is 500 g/mol. The molecule has 0 unspecified atom stereocenters. The Morgan fingerprint density at radius 1 is 1.08 bits per heavy atom. The largest absolute Gasteiger partial charge is 0.464 e. The molecule has 3 aromatic rings. The number of amides is 1. The smallest absolute Gasteiger partial charge is 0.360 e. The topological polar surface area (TPSA) is 138 Å². The molecule has 2 aliphatic rings. The van der Waals surface area contributed by atoms with E-state index in [9.17, 15) is 22.8 Å². The highest BCUT2D eigenvalue weighted by atomic mass is 32.2. The molecular formula is C25H24N4O7S. The van der Waals surface area contributed by atoms with Crippen LogP contribution in [0.1, 0.15) is 41.1 Å². The van der Waals surface area contributed by atoms with E-state index in [1.54, 1.807) is 24.3 Å². The van der Waals surface area contributed by atoms with Crippen LogP contribution in [-0.2, 0) is 35.4 Å². The minimum absolute atomic E-state index is 0.117. The predicted molar refractivity (Wildman–Crippen MR) is 129 cm³/mol. The van der Waals surface area contributed by atoms with Gasteiger partial charge in [0, 0.05) is 0 Å². The Kier molecular flexibility index (Phi) is 6.06. The van der Waals surface area contributed by atoms with Crippen LogP contribution < -0.4 is 0 Å². The fraction of sp³-hybridized carbons (Fsp3) is 0.320. The highest BCUT2D eigenvalue weighted by Crippen LogP contribution is 2.47. The third-order valence-corrected chi connectivity index (χ3v) is 9.65. The zero-order valence-corrected chi connectivity index (χ0v) is 20.9. The molecule has 192 valence electrons. The van der Waals surface area contributed by atoms with Crippen molar-refractivity contribution < 1.29 is 32.3 Å². The fourth-order valence-corrected chi connectivity index (χ4v) is 7.29. The summed E-state index contributed by atoms with van der Waals surface area (Å²) < 4.78 is 37.2. The van der Waals surface area contributed by atoms with E-state index in [4.69, 9.17) is 4.74 Å². The van der Waals surface area contributed by atoms with E-state index in [0.717, 1.165) is 9.58 Å². The lowest BCUT2D eigenvalue weighted by molar-refractivity contribution is -0.164. The van der Waals surface area contributed by atoms with Gasteiger partial charge in [-0.3, -0.25) is 4.79 Å². The third kappa shape index (κ3) is 3.97. The molecule has 5 rings (SSSR count). The zero-order chi connectivity index (χ0) is 26.4. The van der Waals surface area contributed by atoms with Crippen LogP contribution in [0.15, 0.2) is 66.9 Å².